The first-order chi connectivity index (χ1) is 9.97. The number of aromatic hydroxyl groups is 2. The third kappa shape index (κ3) is 2.41. The number of carbonyl (C=O) groups is 1. The van der Waals surface area contributed by atoms with Crippen LogP contribution < -0.4 is 0 Å². The van der Waals surface area contributed by atoms with E-state index >= 15 is 0 Å². The quantitative estimate of drug-likeness (QED) is 0.831. The molecule has 0 radical (unpaired) electrons. The second-order valence-corrected chi connectivity index (χ2v) is 5.69. The Bertz CT molecular complexity index is 746. The topological polar surface area (TPSA) is 60.8 Å². The maximum absolute atomic E-state index is 12.3. The van der Waals surface area contributed by atoms with Crippen molar-refractivity contribution in [2.75, 3.05) is 0 Å². The molecule has 2 N–H and O–H groups in total. The molecule has 0 fully saturated rings. The Balaban J connectivity index is 1.88. The zero-order chi connectivity index (χ0) is 15.1. The minimum atomic E-state index is -0.367. The molecular weight excluding hydrogens is 313 g/mol. The highest BCUT2D eigenvalue weighted by atomic mass is 35.5. The summed E-state index contributed by atoms with van der Waals surface area (Å²) in [5.41, 5.74) is 1.69. The van der Waals surface area contributed by atoms with Crippen molar-refractivity contribution in [3.8, 4) is 11.5 Å². The van der Waals surface area contributed by atoms with E-state index in [1.54, 1.807) is 29.2 Å². The van der Waals surface area contributed by atoms with E-state index in [1.165, 1.54) is 6.07 Å². The van der Waals surface area contributed by atoms with Gasteiger partial charge in [0, 0.05) is 13.1 Å². The number of fused-ring (bicyclic) bond motifs is 1. The number of rotatable bonds is 2. The summed E-state index contributed by atoms with van der Waals surface area (Å²) in [7, 11) is 0. The Morgan fingerprint density at radius 1 is 1.10 bits per heavy atom. The third-order valence-electron chi connectivity index (χ3n) is 3.46. The monoisotopic (exact) mass is 323 g/mol. The summed E-state index contributed by atoms with van der Waals surface area (Å²) >= 11 is 11.8. The fourth-order valence-corrected chi connectivity index (χ4v) is 2.73. The predicted octanol–water partition coefficient (Wildman–Crippen LogP) is 3.56. The second kappa shape index (κ2) is 5.13. The molecule has 1 heterocycles. The molecular formula is C15H11Cl2NO3. The number of nitrogens with zero attached hydrogens (tertiary/aromatic N) is 1. The molecule has 108 valence electrons. The maximum Gasteiger partial charge on any atom is 0.258 e. The highest BCUT2D eigenvalue weighted by Crippen LogP contribution is 2.37. The van der Waals surface area contributed by atoms with Crippen LogP contribution in [0.1, 0.15) is 21.5 Å². The minimum absolute atomic E-state index is 0.162. The van der Waals surface area contributed by atoms with E-state index in [0.29, 0.717) is 28.7 Å². The van der Waals surface area contributed by atoms with Gasteiger partial charge in [-0.3, -0.25) is 4.79 Å². The first-order valence-corrected chi connectivity index (χ1v) is 7.00. The lowest BCUT2D eigenvalue weighted by Gasteiger charge is -2.16. The van der Waals surface area contributed by atoms with Gasteiger partial charge in [-0.05, 0) is 29.3 Å². The van der Waals surface area contributed by atoms with E-state index in [-0.39, 0.29) is 23.0 Å². The molecule has 0 unspecified atom stereocenters. The largest absolute Gasteiger partial charge is 0.504 e. The minimum Gasteiger partial charge on any atom is -0.504 e. The van der Waals surface area contributed by atoms with Crippen LogP contribution in [0.25, 0.3) is 0 Å². The number of hydrogen-bond acceptors (Lipinski definition) is 3. The van der Waals surface area contributed by atoms with Crippen LogP contribution in [0.4, 0.5) is 0 Å². The lowest BCUT2D eigenvalue weighted by atomic mass is 10.1. The number of phenols is 2. The molecule has 0 spiro atoms. The molecule has 2 aromatic carbocycles. The van der Waals surface area contributed by atoms with Gasteiger partial charge in [-0.15, -0.1) is 0 Å². The summed E-state index contributed by atoms with van der Waals surface area (Å²) < 4.78 is 0. The summed E-state index contributed by atoms with van der Waals surface area (Å²) in [6.07, 6.45) is 0. The molecule has 0 bridgehead atoms. The third-order valence-corrected chi connectivity index (χ3v) is 4.20. The number of phenolic OH excluding ortho intramolecular Hbond substituents is 2. The average molecular weight is 324 g/mol. The molecule has 1 aliphatic rings. The van der Waals surface area contributed by atoms with Gasteiger partial charge in [-0.25, -0.2) is 0 Å². The van der Waals surface area contributed by atoms with Crippen molar-refractivity contribution in [3.63, 3.8) is 0 Å². The van der Waals surface area contributed by atoms with Crippen LogP contribution in [0.3, 0.4) is 0 Å². The zero-order valence-corrected chi connectivity index (χ0v) is 12.3. The number of carbonyl (C=O) groups excluding carboxylic acids is 1. The fourth-order valence-electron chi connectivity index (χ4n) is 2.41. The molecule has 0 atom stereocenters. The van der Waals surface area contributed by atoms with Crippen LogP contribution in [0.2, 0.25) is 10.0 Å². The van der Waals surface area contributed by atoms with Gasteiger partial charge in [0.1, 0.15) is 0 Å². The van der Waals surface area contributed by atoms with Gasteiger partial charge in [-0.1, -0.05) is 35.3 Å². The lowest BCUT2D eigenvalue weighted by molar-refractivity contribution is 0.0764. The second-order valence-electron chi connectivity index (χ2n) is 4.88. The van der Waals surface area contributed by atoms with E-state index in [4.69, 9.17) is 23.2 Å². The molecule has 0 aliphatic carbocycles. The van der Waals surface area contributed by atoms with Gasteiger partial charge in [-0.2, -0.15) is 0 Å². The molecule has 1 amide bonds. The Morgan fingerprint density at radius 2 is 1.86 bits per heavy atom. The Labute approximate surface area is 131 Å². The summed E-state index contributed by atoms with van der Waals surface area (Å²) in [6, 6.07) is 8.19. The number of hydrogen-bond donors (Lipinski definition) is 2. The maximum atomic E-state index is 12.3. The number of benzene rings is 2. The van der Waals surface area contributed by atoms with Crippen molar-refractivity contribution in [1.29, 1.82) is 0 Å². The molecule has 4 nitrogen and oxygen atoms in total. The van der Waals surface area contributed by atoms with Gasteiger partial charge < -0.3 is 15.1 Å². The van der Waals surface area contributed by atoms with Crippen molar-refractivity contribution in [2.45, 2.75) is 13.1 Å². The standard InChI is InChI=1S/C15H11Cl2NO3/c16-10-3-1-8(5-11(10)17)6-18-7-9-2-4-12(19)14(20)13(9)15(18)21/h1-5,19-20H,6-7H2. The first-order valence-electron chi connectivity index (χ1n) is 6.24. The van der Waals surface area contributed by atoms with Crippen LogP contribution >= 0.6 is 23.2 Å². The molecule has 0 saturated carbocycles. The van der Waals surface area contributed by atoms with Crippen LogP contribution in [0.5, 0.6) is 11.5 Å². The first kappa shape index (κ1) is 14.0. The van der Waals surface area contributed by atoms with Crippen molar-refractivity contribution < 1.29 is 15.0 Å². The zero-order valence-electron chi connectivity index (χ0n) is 10.8. The fraction of sp³-hybridized carbons (Fsp3) is 0.133. The summed E-state index contributed by atoms with van der Waals surface area (Å²) in [5.74, 6) is -0.975. The Morgan fingerprint density at radius 3 is 2.57 bits per heavy atom. The number of halogens is 2. The lowest BCUT2D eigenvalue weighted by Crippen LogP contribution is -2.23. The van der Waals surface area contributed by atoms with Gasteiger partial charge in [0.15, 0.2) is 11.5 Å². The molecule has 1 aliphatic heterocycles. The summed E-state index contributed by atoms with van der Waals surface area (Å²) in [6.45, 7) is 0.729. The van der Waals surface area contributed by atoms with Crippen molar-refractivity contribution >= 4 is 29.1 Å². The highest BCUT2D eigenvalue weighted by Gasteiger charge is 2.31. The molecule has 21 heavy (non-hydrogen) atoms. The van der Waals surface area contributed by atoms with E-state index < -0.39 is 0 Å². The summed E-state index contributed by atoms with van der Waals surface area (Å²) in [5, 5.41) is 20.2. The Hall–Kier alpha value is -1.91. The number of amides is 1. The van der Waals surface area contributed by atoms with Crippen molar-refractivity contribution in [2.24, 2.45) is 0 Å². The smallest absolute Gasteiger partial charge is 0.258 e. The highest BCUT2D eigenvalue weighted by molar-refractivity contribution is 6.42. The molecule has 3 rings (SSSR count). The van der Waals surface area contributed by atoms with Crippen LogP contribution in [-0.4, -0.2) is 21.0 Å². The Kier molecular flexibility index (Phi) is 3.43. The van der Waals surface area contributed by atoms with Crippen molar-refractivity contribution in [1.82, 2.24) is 4.90 Å². The van der Waals surface area contributed by atoms with E-state index in [9.17, 15) is 15.0 Å². The molecule has 6 heteroatoms. The molecule has 0 saturated heterocycles. The molecule has 0 aromatic heterocycles. The van der Waals surface area contributed by atoms with E-state index in [1.807, 2.05) is 0 Å². The normalized spacial score (nSPS) is 13.6. The van der Waals surface area contributed by atoms with E-state index in [0.717, 1.165) is 5.56 Å². The summed E-state index contributed by atoms with van der Waals surface area (Å²) in [4.78, 5) is 13.9. The van der Waals surface area contributed by atoms with Gasteiger partial charge >= 0.3 is 0 Å². The average Bonchev–Trinajstić information content (AvgIpc) is 2.76. The van der Waals surface area contributed by atoms with Crippen molar-refractivity contribution in [3.05, 3.63) is 57.1 Å². The van der Waals surface area contributed by atoms with Gasteiger partial charge in [0.05, 0.1) is 15.6 Å². The van der Waals surface area contributed by atoms with Gasteiger partial charge in [0.2, 0.25) is 0 Å². The predicted molar refractivity (Wildman–Crippen MR) is 79.8 cm³/mol. The molecule has 2 aromatic rings. The van der Waals surface area contributed by atoms with Crippen LogP contribution in [0.15, 0.2) is 30.3 Å². The van der Waals surface area contributed by atoms with Crippen LogP contribution in [-0.2, 0) is 13.1 Å². The van der Waals surface area contributed by atoms with Gasteiger partial charge in [0.25, 0.3) is 5.91 Å². The van der Waals surface area contributed by atoms with Crippen LogP contribution in [0, 0.1) is 0 Å². The van der Waals surface area contributed by atoms with E-state index in [2.05, 4.69) is 0 Å². The SMILES string of the molecule is O=C1c2c(ccc(O)c2O)CN1Cc1ccc(Cl)c(Cl)c1.